The summed E-state index contributed by atoms with van der Waals surface area (Å²) >= 11 is 0. The van der Waals surface area contributed by atoms with E-state index in [4.69, 9.17) is 4.74 Å². The number of hydrogen-bond donors (Lipinski definition) is 2. The Morgan fingerprint density at radius 3 is 2.27 bits per heavy atom. The van der Waals surface area contributed by atoms with Gasteiger partial charge in [-0.3, -0.25) is 9.79 Å². The number of carbonyl (C=O) groups is 2. The van der Waals surface area contributed by atoms with Gasteiger partial charge in [-0.15, -0.1) is 0 Å². The summed E-state index contributed by atoms with van der Waals surface area (Å²) < 4.78 is 5.52. The molecule has 1 fully saturated rings. The molecule has 1 aromatic carbocycles. The third-order valence-electron chi connectivity index (χ3n) is 4.55. The van der Waals surface area contributed by atoms with Gasteiger partial charge in [0.25, 0.3) is 5.91 Å². The highest BCUT2D eigenvalue weighted by Crippen LogP contribution is 2.28. The number of amides is 2. The zero-order valence-corrected chi connectivity index (χ0v) is 19.0. The molecule has 0 saturated heterocycles. The number of guanidine groups is 1. The van der Waals surface area contributed by atoms with Crippen LogP contribution in [0.2, 0.25) is 0 Å². The van der Waals surface area contributed by atoms with Gasteiger partial charge >= 0.3 is 6.09 Å². The molecule has 2 rings (SSSR count). The second kappa shape index (κ2) is 10.3. The van der Waals surface area contributed by atoms with E-state index >= 15 is 0 Å². The summed E-state index contributed by atoms with van der Waals surface area (Å²) in [6.45, 7) is 7.34. The number of nitrogens with zero attached hydrogens (tertiary/aromatic N) is 3. The van der Waals surface area contributed by atoms with E-state index in [1.165, 1.54) is 0 Å². The minimum atomic E-state index is -0.498. The van der Waals surface area contributed by atoms with Crippen LogP contribution in [0.1, 0.15) is 49.5 Å². The zero-order chi connectivity index (χ0) is 22.3. The Hall–Kier alpha value is -2.77. The Balaban J connectivity index is 1.80. The number of rotatable bonds is 7. The van der Waals surface area contributed by atoms with Gasteiger partial charge in [-0.05, 0) is 51.3 Å². The normalized spacial score (nSPS) is 14.1. The number of aliphatic imine (C=N–C) groups is 1. The van der Waals surface area contributed by atoms with E-state index in [0.717, 1.165) is 18.4 Å². The molecule has 0 unspecified atom stereocenters. The van der Waals surface area contributed by atoms with Crippen LogP contribution in [0.15, 0.2) is 29.3 Å². The van der Waals surface area contributed by atoms with Gasteiger partial charge < -0.3 is 25.2 Å². The molecule has 30 heavy (non-hydrogen) atoms. The van der Waals surface area contributed by atoms with Crippen LogP contribution < -0.4 is 10.6 Å². The minimum Gasteiger partial charge on any atom is -0.444 e. The molecule has 0 aliphatic heterocycles. The molecule has 0 spiro atoms. The highest BCUT2D eigenvalue weighted by atomic mass is 16.6. The van der Waals surface area contributed by atoms with Gasteiger partial charge in [0.05, 0.1) is 0 Å². The van der Waals surface area contributed by atoms with Crippen LogP contribution in [0.5, 0.6) is 0 Å². The molecule has 166 valence electrons. The molecule has 0 radical (unpaired) electrons. The van der Waals surface area contributed by atoms with E-state index in [2.05, 4.69) is 15.6 Å². The lowest BCUT2D eigenvalue weighted by molar-refractivity contribution is 0.0237. The molecule has 1 saturated carbocycles. The third-order valence-corrected chi connectivity index (χ3v) is 4.55. The molecule has 0 atom stereocenters. The lowest BCUT2D eigenvalue weighted by Crippen LogP contribution is -2.45. The van der Waals surface area contributed by atoms with Gasteiger partial charge in [-0.2, -0.15) is 0 Å². The van der Waals surface area contributed by atoms with E-state index in [0.29, 0.717) is 31.2 Å². The first-order valence-electron chi connectivity index (χ1n) is 10.4. The van der Waals surface area contributed by atoms with Crippen molar-refractivity contribution in [3.8, 4) is 0 Å². The summed E-state index contributed by atoms with van der Waals surface area (Å²) in [7, 11) is 5.18. The van der Waals surface area contributed by atoms with Crippen molar-refractivity contribution in [1.82, 2.24) is 20.4 Å². The summed E-state index contributed by atoms with van der Waals surface area (Å²) in [4.78, 5) is 32.0. The summed E-state index contributed by atoms with van der Waals surface area (Å²) in [6, 6.07) is 7.77. The lowest BCUT2D eigenvalue weighted by Gasteiger charge is -2.27. The van der Waals surface area contributed by atoms with Crippen molar-refractivity contribution in [2.24, 2.45) is 4.99 Å². The monoisotopic (exact) mass is 417 g/mol. The molecule has 2 N–H and O–H groups in total. The predicted molar refractivity (Wildman–Crippen MR) is 119 cm³/mol. The number of nitrogens with one attached hydrogen (secondary N) is 2. The maximum absolute atomic E-state index is 12.4. The fourth-order valence-corrected chi connectivity index (χ4v) is 2.85. The van der Waals surface area contributed by atoms with Crippen LogP contribution in [-0.4, -0.2) is 73.6 Å². The first-order chi connectivity index (χ1) is 14.1. The maximum atomic E-state index is 12.4. The number of carbonyl (C=O) groups excluding carboxylic acids is 2. The molecule has 0 bridgehead atoms. The van der Waals surface area contributed by atoms with Gasteiger partial charge in [-0.1, -0.05) is 12.1 Å². The summed E-state index contributed by atoms with van der Waals surface area (Å²) in [5.41, 5.74) is 1.21. The van der Waals surface area contributed by atoms with Crippen LogP contribution in [0.25, 0.3) is 0 Å². The molecular formula is C22H35N5O3. The SMILES string of the molecule is CN=C(NCCN(C(=O)OC(C)(C)C)C1CC1)NCc1ccc(C(=O)N(C)C)cc1. The number of hydrogen-bond acceptors (Lipinski definition) is 4. The van der Waals surface area contributed by atoms with Crippen LogP contribution in [0.4, 0.5) is 4.79 Å². The Kier molecular flexibility index (Phi) is 8.08. The molecule has 8 nitrogen and oxygen atoms in total. The standard InChI is InChI=1S/C22H35N5O3/c1-22(2,3)30-21(29)27(18-11-12-18)14-13-24-20(23-4)25-15-16-7-9-17(10-8-16)19(28)26(5)6/h7-10,18H,11-15H2,1-6H3,(H2,23,24,25). The fraction of sp³-hybridized carbons (Fsp3) is 0.591. The average molecular weight is 418 g/mol. The second-order valence-corrected chi connectivity index (χ2v) is 8.65. The van der Waals surface area contributed by atoms with Crippen molar-refractivity contribution >= 4 is 18.0 Å². The summed E-state index contributed by atoms with van der Waals surface area (Å²) in [5, 5.41) is 6.50. The van der Waals surface area contributed by atoms with Crippen LogP contribution >= 0.6 is 0 Å². The highest BCUT2D eigenvalue weighted by Gasteiger charge is 2.34. The molecular weight excluding hydrogens is 382 g/mol. The molecule has 2 amide bonds. The maximum Gasteiger partial charge on any atom is 0.410 e. The largest absolute Gasteiger partial charge is 0.444 e. The van der Waals surface area contributed by atoms with Gasteiger partial charge in [0.2, 0.25) is 0 Å². The van der Waals surface area contributed by atoms with Crippen molar-refractivity contribution in [1.29, 1.82) is 0 Å². The lowest BCUT2D eigenvalue weighted by atomic mass is 10.1. The quantitative estimate of drug-likeness (QED) is 0.526. The smallest absolute Gasteiger partial charge is 0.410 e. The van der Waals surface area contributed by atoms with Crippen molar-refractivity contribution < 1.29 is 14.3 Å². The molecule has 0 aromatic heterocycles. The average Bonchev–Trinajstić information content (AvgIpc) is 3.50. The molecule has 1 aliphatic carbocycles. The third kappa shape index (κ3) is 7.57. The van der Waals surface area contributed by atoms with Crippen molar-refractivity contribution in [3.63, 3.8) is 0 Å². The number of ether oxygens (including phenoxy) is 1. The van der Waals surface area contributed by atoms with Crippen LogP contribution in [-0.2, 0) is 11.3 Å². The first kappa shape index (κ1) is 23.5. The van der Waals surface area contributed by atoms with E-state index in [1.807, 2.05) is 45.0 Å². The van der Waals surface area contributed by atoms with Gasteiger partial charge in [-0.25, -0.2) is 4.79 Å². The fourth-order valence-electron chi connectivity index (χ4n) is 2.85. The van der Waals surface area contributed by atoms with Crippen molar-refractivity contribution in [2.45, 2.75) is 51.8 Å². The first-order valence-corrected chi connectivity index (χ1v) is 10.4. The van der Waals surface area contributed by atoms with Crippen LogP contribution in [0.3, 0.4) is 0 Å². The topological polar surface area (TPSA) is 86.3 Å². The minimum absolute atomic E-state index is 0.0165. The Morgan fingerprint density at radius 1 is 1.13 bits per heavy atom. The van der Waals surface area contributed by atoms with Crippen molar-refractivity contribution in [2.75, 3.05) is 34.2 Å². The van der Waals surface area contributed by atoms with E-state index in [1.54, 1.807) is 30.9 Å². The van der Waals surface area contributed by atoms with Gasteiger partial charge in [0, 0.05) is 52.4 Å². The molecule has 1 aliphatic rings. The van der Waals surface area contributed by atoms with E-state index in [9.17, 15) is 9.59 Å². The second-order valence-electron chi connectivity index (χ2n) is 8.65. The zero-order valence-electron chi connectivity index (χ0n) is 19.0. The summed E-state index contributed by atoms with van der Waals surface area (Å²) in [5.74, 6) is 0.639. The number of benzene rings is 1. The molecule has 0 heterocycles. The molecule has 8 heteroatoms. The Morgan fingerprint density at radius 2 is 1.77 bits per heavy atom. The Bertz CT molecular complexity index is 749. The van der Waals surface area contributed by atoms with Gasteiger partial charge in [0.1, 0.15) is 5.60 Å². The Labute approximate surface area is 179 Å². The summed E-state index contributed by atoms with van der Waals surface area (Å²) in [6.07, 6.45) is 1.79. The van der Waals surface area contributed by atoms with E-state index < -0.39 is 5.60 Å². The van der Waals surface area contributed by atoms with Crippen LogP contribution in [0, 0.1) is 0 Å². The molecule has 1 aromatic rings. The van der Waals surface area contributed by atoms with Crippen molar-refractivity contribution in [3.05, 3.63) is 35.4 Å². The van der Waals surface area contributed by atoms with Gasteiger partial charge in [0.15, 0.2) is 5.96 Å². The van der Waals surface area contributed by atoms with E-state index in [-0.39, 0.29) is 18.0 Å². The predicted octanol–water partition coefficient (Wildman–Crippen LogP) is 2.45. The highest BCUT2D eigenvalue weighted by molar-refractivity contribution is 5.93.